The SMILES string of the molecule is CC[C@@H](N)[C@@H](O)C(C)C. The fourth-order valence-electron chi connectivity index (χ4n) is 0.736. The van der Waals surface area contributed by atoms with Crippen LogP contribution in [0.2, 0.25) is 0 Å². The van der Waals surface area contributed by atoms with Crippen molar-refractivity contribution < 1.29 is 5.11 Å². The topological polar surface area (TPSA) is 46.2 Å². The highest BCUT2D eigenvalue weighted by atomic mass is 16.3. The first-order valence-corrected chi connectivity index (χ1v) is 3.53. The van der Waals surface area contributed by atoms with Gasteiger partial charge in [-0.1, -0.05) is 20.8 Å². The number of nitrogens with two attached hydrogens (primary N) is 1. The number of hydrogen-bond donors (Lipinski definition) is 2. The normalized spacial score (nSPS) is 18.0. The Hall–Kier alpha value is -0.0800. The summed E-state index contributed by atoms with van der Waals surface area (Å²) in [5, 5.41) is 9.27. The molecule has 0 radical (unpaired) electrons. The predicted molar refractivity (Wildman–Crippen MR) is 39.1 cm³/mol. The van der Waals surface area contributed by atoms with Crippen molar-refractivity contribution in [2.45, 2.75) is 39.3 Å². The minimum Gasteiger partial charge on any atom is -0.391 e. The number of hydrogen-bond acceptors (Lipinski definition) is 2. The molecule has 2 nitrogen and oxygen atoms in total. The summed E-state index contributed by atoms with van der Waals surface area (Å²) < 4.78 is 0. The molecule has 0 unspecified atom stereocenters. The summed E-state index contributed by atoms with van der Waals surface area (Å²) in [5.41, 5.74) is 5.57. The molecule has 0 aromatic heterocycles. The number of rotatable bonds is 3. The van der Waals surface area contributed by atoms with E-state index >= 15 is 0 Å². The molecule has 0 bridgehead atoms. The average molecular weight is 131 g/mol. The summed E-state index contributed by atoms with van der Waals surface area (Å²) in [6.07, 6.45) is 0.509. The highest BCUT2D eigenvalue weighted by Crippen LogP contribution is 2.05. The zero-order valence-electron chi connectivity index (χ0n) is 6.46. The molecule has 3 N–H and O–H groups in total. The van der Waals surface area contributed by atoms with E-state index in [-0.39, 0.29) is 18.1 Å². The Labute approximate surface area is 57.1 Å². The molecule has 0 heterocycles. The summed E-state index contributed by atoms with van der Waals surface area (Å²) in [7, 11) is 0. The highest BCUT2D eigenvalue weighted by Gasteiger charge is 2.15. The third-order valence-corrected chi connectivity index (χ3v) is 1.59. The van der Waals surface area contributed by atoms with Crippen molar-refractivity contribution in [1.29, 1.82) is 0 Å². The molecule has 0 saturated carbocycles. The lowest BCUT2D eigenvalue weighted by Gasteiger charge is -2.20. The molecule has 0 spiro atoms. The Morgan fingerprint density at radius 2 is 1.89 bits per heavy atom. The third-order valence-electron chi connectivity index (χ3n) is 1.59. The van der Waals surface area contributed by atoms with Crippen LogP contribution in [0, 0.1) is 5.92 Å². The lowest BCUT2D eigenvalue weighted by atomic mass is 9.99. The molecule has 0 aliphatic carbocycles. The smallest absolute Gasteiger partial charge is 0.0713 e. The van der Waals surface area contributed by atoms with E-state index in [1.165, 1.54) is 0 Å². The maximum Gasteiger partial charge on any atom is 0.0713 e. The van der Waals surface area contributed by atoms with E-state index in [0.717, 1.165) is 6.42 Å². The summed E-state index contributed by atoms with van der Waals surface area (Å²) in [4.78, 5) is 0. The molecule has 9 heavy (non-hydrogen) atoms. The van der Waals surface area contributed by atoms with E-state index in [4.69, 9.17) is 5.73 Å². The second-order valence-corrected chi connectivity index (χ2v) is 2.81. The lowest BCUT2D eigenvalue weighted by molar-refractivity contribution is 0.0964. The van der Waals surface area contributed by atoms with Crippen molar-refractivity contribution in [2.24, 2.45) is 11.7 Å². The van der Waals surface area contributed by atoms with Gasteiger partial charge in [0.1, 0.15) is 0 Å². The van der Waals surface area contributed by atoms with Crippen LogP contribution in [0.4, 0.5) is 0 Å². The fraction of sp³-hybridized carbons (Fsp3) is 1.00. The van der Waals surface area contributed by atoms with Crippen LogP contribution in [0.25, 0.3) is 0 Å². The Kier molecular flexibility index (Phi) is 3.82. The van der Waals surface area contributed by atoms with Crippen LogP contribution in [-0.2, 0) is 0 Å². The van der Waals surface area contributed by atoms with Crippen LogP contribution in [0.3, 0.4) is 0 Å². The van der Waals surface area contributed by atoms with Gasteiger partial charge >= 0.3 is 0 Å². The summed E-state index contributed by atoms with van der Waals surface area (Å²) in [6, 6.07) is -0.0509. The van der Waals surface area contributed by atoms with Crippen LogP contribution < -0.4 is 5.73 Å². The Bertz CT molecular complexity index is 73.3. The van der Waals surface area contributed by atoms with Gasteiger partial charge in [-0.15, -0.1) is 0 Å². The van der Waals surface area contributed by atoms with Crippen LogP contribution in [0.15, 0.2) is 0 Å². The maximum atomic E-state index is 9.27. The molecular weight excluding hydrogens is 114 g/mol. The molecule has 56 valence electrons. The van der Waals surface area contributed by atoms with Crippen molar-refractivity contribution in [2.75, 3.05) is 0 Å². The summed E-state index contributed by atoms with van der Waals surface area (Å²) in [5.74, 6) is 0.278. The monoisotopic (exact) mass is 131 g/mol. The molecule has 0 rings (SSSR count). The minimum atomic E-state index is -0.338. The molecule has 0 fully saturated rings. The first-order chi connectivity index (χ1) is 4.09. The molecule has 2 atom stereocenters. The molecule has 0 aromatic carbocycles. The summed E-state index contributed by atoms with van der Waals surface area (Å²) in [6.45, 7) is 5.93. The lowest BCUT2D eigenvalue weighted by Crippen LogP contribution is -2.37. The molecule has 2 heteroatoms. The second-order valence-electron chi connectivity index (χ2n) is 2.81. The van der Waals surface area contributed by atoms with Gasteiger partial charge in [0.05, 0.1) is 6.10 Å². The van der Waals surface area contributed by atoms with E-state index < -0.39 is 0 Å². The first-order valence-electron chi connectivity index (χ1n) is 3.53. The van der Waals surface area contributed by atoms with Gasteiger partial charge in [-0.3, -0.25) is 0 Å². The Morgan fingerprint density at radius 3 is 2.00 bits per heavy atom. The van der Waals surface area contributed by atoms with Crippen molar-refractivity contribution in [1.82, 2.24) is 0 Å². The quantitative estimate of drug-likeness (QED) is 0.593. The number of aliphatic hydroxyl groups is 1. The standard InChI is InChI=1S/C7H17NO/c1-4-6(8)7(9)5(2)3/h5-7,9H,4,8H2,1-3H3/t6-,7+/m1/s1. The molecule has 0 aromatic rings. The van der Waals surface area contributed by atoms with E-state index in [0.29, 0.717) is 0 Å². The van der Waals surface area contributed by atoms with Gasteiger partial charge in [0, 0.05) is 6.04 Å². The van der Waals surface area contributed by atoms with Crippen LogP contribution in [0.5, 0.6) is 0 Å². The van der Waals surface area contributed by atoms with Gasteiger partial charge in [0.25, 0.3) is 0 Å². The van der Waals surface area contributed by atoms with Crippen LogP contribution in [0.1, 0.15) is 27.2 Å². The third kappa shape index (κ3) is 2.82. The van der Waals surface area contributed by atoms with Gasteiger partial charge in [-0.05, 0) is 12.3 Å². The largest absolute Gasteiger partial charge is 0.391 e. The van der Waals surface area contributed by atoms with Gasteiger partial charge in [0.15, 0.2) is 0 Å². The van der Waals surface area contributed by atoms with Crippen molar-refractivity contribution >= 4 is 0 Å². The van der Waals surface area contributed by atoms with Crippen LogP contribution in [-0.4, -0.2) is 17.3 Å². The zero-order chi connectivity index (χ0) is 7.44. The molecule has 0 aliphatic rings. The van der Waals surface area contributed by atoms with Crippen molar-refractivity contribution in [3.8, 4) is 0 Å². The fourth-order valence-corrected chi connectivity index (χ4v) is 0.736. The minimum absolute atomic E-state index is 0.0509. The predicted octanol–water partition coefficient (Wildman–Crippen LogP) is 0.741. The molecule has 0 aliphatic heterocycles. The maximum absolute atomic E-state index is 9.27. The molecule has 0 saturated heterocycles. The molecule has 0 amide bonds. The summed E-state index contributed by atoms with van der Waals surface area (Å²) >= 11 is 0. The highest BCUT2D eigenvalue weighted by molar-refractivity contribution is 4.72. The van der Waals surface area contributed by atoms with E-state index in [9.17, 15) is 5.11 Å². The second kappa shape index (κ2) is 3.85. The zero-order valence-corrected chi connectivity index (χ0v) is 6.46. The Balaban J connectivity index is 3.58. The van der Waals surface area contributed by atoms with Gasteiger partial charge in [-0.2, -0.15) is 0 Å². The van der Waals surface area contributed by atoms with Gasteiger partial charge in [-0.25, -0.2) is 0 Å². The van der Waals surface area contributed by atoms with E-state index in [1.807, 2.05) is 20.8 Å². The molecular formula is C7H17NO. The number of aliphatic hydroxyl groups excluding tert-OH is 1. The first kappa shape index (κ1) is 8.92. The average Bonchev–Trinajstić information content (AvgIpc) is 1.84. The van der Waals surface area contributed by atoms with Gasteiger partial charge in [0.2, 0.25) is 0 Å². The van der Waals surface area contributed by atoms with Crippen molar-refractivity contribution in [3.63, 3.8) is 0 Å². The Morgan fingerprint density at radius 1 is 1.44 bits per heavy atom. The van der Waals surface area contributed by atoms with E-state index in [1.54, 1.807) is 0 Å². The van der Waals surface area contributed by atoms with Gasteiger partial charge < -0.3 is 10.8 Å². The van der Waals surface area contributed by atoms with Crippen LogP contribution >= 0.6 is 0 Å². The van der Waals surface area contributed by atoms with Crippen molar-refractivity contribution in [3.05, 3.63) is 0 Å². The van der Waals surface area contributed by atoms with E-state index in [2.05, 4.69) is 0 Å².